The first-order valence-electron chi connectivity index (χ1n) is 7.05. The second kappa shape index (κ2) is 6.87. The summed E-state index contributed by atoms with van der Waals surface area (Å²) >= 11 is 3.88. The number of thioether (sulfide) groups is 2. The number of ether oxygens (including phenoxy) is 1. The van der Waals surface area contributed by atoms with Crippen LogP contribution in [-0.2, 0) is 4.74 Å². The lowest BCUT2D eigenvalue weighted by Gasteiger charge is -2.45. The van der Waals surface area contributed by atoms with Crippen LogP contribution in [0.3, 0.4) is 0 Å². The lowest BCUT2D eigenvalue weighted by atomic mass is 9.77. The van der Waals surface area contributed by atoms with Gasteiger partial charge in [-0.2, -0.15) is 23.5 Å². The van der Waals surface area contributed by atoms with Crippen molar-refractivity contribution in [2.45, 2.75) is 44.3 Å². The number of aliphatic hydroxyl groups excluding tert-OH is 1. The van der Waals surface area contributed by atoms with E-state index in [0.29, 0.717) is 11.8 Å². The van der Waals surface area contributed by atoms with Gasteiger partial charge in [0, 0.05) is 6.61 Å². The molecule has 2 aliphatic heterocycles. The molecule has 0 radical (unpaired) electrons. The van der Waals surface area contributed by atoms with Crippen LogP contribution in [0.5, 0.6) is 0 Å². The minimum atomic E-state index is -0.146. The van der Waals surface area contributed by atoms with Gasteiger partial charge in [-0.3, -0.25) is 0 Å². The first-order valence-corrected chi connectivity index (χ1v) is 9.60. The zero-order chi connectivity index (χ0) is 13.0. The Morgan fingerprint density at radius 3 is 2.83 bits per heavy atom. The van der Waals surface area contributed by atoms with Gasteiger partial charge in [0.15, 0.2) is 0 Å². The lowest BCUT2D eigenvalue weighted by Crippen LogP contribution is -2.46. The lowest BCUT2D eigenvalue weighted by molar-refractivity contribution is -0.125. The van der Waals surface area contributed by atoms with Crippen molar-refractivity contribution in [3.63, 3.8) is 0 Å². The van der Waals surface area contributed by atoms with E-state index in [1.54, 1.807) is 0 Å². The van der Waals surface area contributed by atoms with Crippen molar-refractivity contribution in [3.8, 4) is 0 Å². The monoisotopic (exact) mass is 290 g/mol. The molecule has 3 atom stereocenters. The Morgan fingerprint density at radius 2 is 2.17 bits per heavy atom. The number of hydrogen-bond acceptors (Lipinski definition) is 4. The van der Waals surface area contributed by atoms with Gasteiger partial charge in [-0.05, 0) is 61.0 Å². The number of hydrogen-bond donors (Lipinski definition) is 1. The fourth-order valence-corrected chi connectivity index (χ4v) is 5.23. The highest BCUT2D eigenvalue weighted by atomic mass is 32.2. The molecule has 3 unspecified atom stereocenters. The van der Waals surface area contributed by atoms with Gasteiger partial charge in [-0.1, -0.05) is 6.92 Å². The molecule has 0 aromatic carbocycles. The fourth-order valence-electron chi connectivity index (χ4n) is 3.28. The van der Waals surface area contributed by atoms with Crippen molar-refractivity contribution in [2.75, 3.05) is 30.1 Å². The van der Waals surface area contributed by atoms with Crippen LogP contribution in [0.1, 0.15) is 32.6 Å². The Bertz CT molecular complexity index is 249. The predicted octanol–water partition coefficient (Wildman–Crippen LogP) is 3.04. The van der Waals surface area contributed by atoms with E-state index in [1.807, 2.05) is 23.5 Å². The minimum absolute atomic E-state index is 0.105. The molecular formula is C14H26O2S2. The van der Waals surface area contributed by atoms with E-state index in [1.165, 1.54) is 24.3 Å². The molecule has 4 heteroatoms. The summed E-state index contributed by atoms with van der Waals surface area (Å²) in [5, 5.41) is 10.5. The van der Waals surface area contributed by atoms with Gasteiger partial charge in [0.1, 0.15) is 0 Å². The highest BCUT2D eigenvalue weighted by Gasteiger charge is 2.41. The van der Waals surface area contributed by atoms with Crippen molar-refractivity contribution < 1.29 is 9.84 Å². The number of rotatable bonds is 4. The summed E-state index contributed by atoms with van der Waals surface area (Å²) in [4.78, 5) is 0. The van der Waals surface area contributed by atoms with Gasteiger partial charge in [-0.15, -0.1) is 0 Å². The summed E-state index contributed by atoms with van der Waals surface area (Å²) in [6, 6.07) is 0. The van der Waals surface area contributed by atoms with E-state index >= 15 is 0 Å². The van der Waals surface area contributed by atoms with Gasteiger partial charge in [0.2, 0.25) is 0 Å². The summed E-state index contributed by atoms with van der Waals surface area (Å²) in [7, 11) is 0. The van der Waals surface area contributed by atoms with E-state index < -0.39 is 0 Å². The third-order valence-electron chi connectivity index (χ3n) is 4.43. The molecular weight excluding hydrogens is 264 g/mol. The average Bonchev–Trinajstić information content (AvgIpc) is 2.39. The molecule has 0 amide bonds. The first kappa shape index (κ1) is 15.0. The second-order valence-electron chi connectivity index (χ2n) is 5.82. The van der Waals surface area contributed by atoms with Crippen LogP contribution in [-0.4, -0.2) is 46.9 Å². The maximum atomic E-state index is 10.5. The van der Waals surface area contributed by atoms with Crippen molar-refractivity contribution in [3.05, 3.63) is 0 Å². The predicted molar refractivity (Wildman–Crippen MR) is 81.5 cm³/mol. The van der Waals surface area contributed by atoms with E-state index in [-0.39, 0.29) is 11.7 Å². The molecule has 0 aromatic rings. The molecule has 0 aliphatic carbocycles. The van der Waals surface area contributed by atoms with Crippen molar-refractivity contribution in [1.82, 2.24) is 0 Å². The quantitative estimate of drug-likeness (QED) is 0.862. The zero-order valence-electron chi connectivity index (χ0n) is 11.6. The molecule has 2 fully saturated rings. The standard InChI is InChI=1S/C14H26O2S2/c1-11(10-17-2)13(15)12-3-6-16-14(9-12)4-7-18-8-5-14/h11-13,15H,3-10H2,1-2H3. The molecule has 1 spiro atoms. The normalized spacial score (nSPS) is 31.2. The molecule has 1 N–H and O–H groups in total. The Morgan fingerprint density at radius 1 is 1.44 bits per heavy atom. The SMILES string of the molecule is CSCC(C)C(O)C1CCOC2(CCSCC2)C1. The third-order valence-corrected chi connectivity index (χ3v) is 6.28. The molecule has 106 valence electrons. The molecule has 18 heavy (non-hydrogen) atoms. The van der Waals surface area contributed by atoms with Crippen LogP contribution in [0.4, 0.5) is 0 Å². The Labute approximate surface area is 120 Å². The molecule has 2 nitrogen and oxygen atoms in total. The van der Waals surface area contributed by atoms with E-state index in [4.69, 9.17) is 4.74 Å². The first-order chi connectivity index (χ1) is 8.67. The highest BCUT2D eigenvalue weighted by molar-refractivity contribution is 7.99. The smallest absolute Gasteiger partial charge is 0.0701 e. The highest BCUT2D eigenvalue weighted by Crippen LogP contribution is 2.41. The summed E-state index contributed by atoms with van der Waals surface area (Å²) in [6.45, 7) is 3.03. The number of aliphatic hydroxyl groups is 1. The fraction of sp³-hybridized carbons (Fsp3) is 1.00. The Hall–Kier alpha value is 0.620. The van der Waals surface area contributed by atoms with E-state index in [9.17, 15) is 5.11 Å². The molecule has 2 saturated heterocycles. The largest absolute Gasteiger partial charge is 0.393 e. The zero-order valence-corrected chi connectivity index (χ0v) is 13.2. The van der Waals surface area contributed by atoms with Gasteiger partial charge in [0.05, 0.1) is 11.7 Å². The molecule has 2 aliphatic rings. The van der Waals surface area contributed by atoms with Crippen molar-refractivity contribution in [1.29, 1.82) is 0 Å². The summed E-state index contributed by atoms with van der Waals surface area (Å²) < 4.78 is 6.10. The van der Waals surface area contributed by atoms with Gasteiger partial charge in [-0.25, -0.2) is 0 Å². The van der Waals surface area contributed by atoms with Crippen molar-refractivity contribution >= 4 is 23.5 Å². The third kappa shape index (κ3) is 3.59. The average molecular weight is 290 g/mol. The van der Waals surface area contributed by atoms with Gasteiger partial charge in [0.25, 0.3) is 0 Å². The summed E-state index contributed by atoms with van der Waals surface area (Å²) in [5.74, 6) is 4.36. The Kier molecular flexibility index (Phi) is 5.73. The van der Waals surface area contributed by atoms with Gasteiger partial charge >= 0.3 is 0 Å². The molecule has 0 bridgehead atoms. The van der Waals surface area contributed by atoms with Crippen LogP contribution in [0, 0.1) is 11.8 Å². The Balaban J connectivity index is 1.93. The van der Waals surface area contributed by atoms with Crippen LogP contribution < -0.4 is 0 Å². The van der Waals surface area contributed by atoms with Crippen LogP contribution >= 0.6 is 23.5 Å². The topological polar surface area (TPSA) is 29.5 Å². The van der Waals surface area contributed by atoms with E-state index in [0.717, 1.165) is 25.2 Å². The summed E-state index contributed by atoms with van der Waals surface area (Å²) in [6.07, 6.45) is 6.44. The maximum Gasteiger partial charge on any atom is 0.0701 e. The summed E-state index contributed by atoms with van der Waals surface area (Å²) in [5.41, 5.74) is 0.105. The molecule has 0 aromatic heterocycles. The molecule has 2 heterocycles. The maximum absolute atomic E-state index is 10.5. The van der Waals surface area contributed by atoms with Gasteiger partial charge < -0.3 is 9.84 Å². The van der Waals surface area contributed by atoms with E-state index in [2.05, 4.69) is 13.2 Å². The minimum Gasteiger partial charge on any atom is -0.393 e. The second-order valence-corrected chi connectivity index (χ2v) is 7.96. The van der Waals surface area contributed by atoms with Crippen LogP contribution in [0.2, 0.25) is 0 Å². The van der Waals surface area contributed by atoms with Crippen LogP contribution in [0.25, 0.3) is 0 Å². The van der Waals surface area contributed by atoms with Crippen molar-refractivity contribution in [2.24, 2.45) is 11.8 Å². The molecule has 2 rings (SSSR count). The van der Waals surface area contributed by atoms with Crippen LogP contribution in [0.15, 0.2) is 0 Å². The molecule has 0 saturated carbocycles.